The number of benzene rings is 7. The summed E-state index contributed by atoms with van der Waals surface area (Å²) in [6, 6.07) is 63.1. The van der Waals surface area contributed by atoms with Gasteiger partial charge in [-0.3, -0.25) is 0 Å². The van der Waals surface area contributed by atoms with Crippen molar-refractivity contribution in [1.29, 1.82) is 0 Å². The van der Waals surface area contributed by atoms with E-state index in [1.165, 1.54) is 21.8 Å². The van der Waals surface area contributed by atoms with Gasteiger partial charge in [0.1, 0.15) is 11.1 Å². The molecule has 11 aromatic rings. The molecule has 0 fully saturated rings. The first-order valence-electron chi connectivity index (χ1n) is 18.1. The molecule has 0 aliphatic rings. The van der Waals surface area contributed by atoms with Crippen molar-refractivity contribution < 1.29 is 4.42 Å². The minimum absolute atomic E-state index is 0.665. The van der Waals surface area contributed by atoms with Crippen LogP contribution in [0.25, 0.3) is 105 Å². The van der Waals surface area contributed by atoms with Crippen LogP contribution in [0.2, 0.25) is 0 Å². The highest BCUT2D eigenvalue weighted by molar-refractivity contribution is 6.16. The number of para-hydroxylation sites is 3. The molecule has 0 aliphatic carbocycles. The summed E-state index contributed by atoms with van der Waals surface area (Å²) in [4.78, 5) is 15.5. The molecule has 0 radical (unpaired) electrons. The van der Waals surface area contributed by atoms with E-state index in [1.54, 1.807) is 0 Å². The standard InChI is InChI=1S/C49H30N4O/c1-2-12-31(13-3-1)41-30-42(32-26-28-35(29-27-32)53-43-19-9-6-14-36(43)37-15-7-10-20-44(37)53)51-49(50-41)34-24-22-33(23-25-34)46-38-16-4-5-17-39(38)48-47(52-46)40-18-8-11-21-45(40)54-48/h1-30H. The van der Waals surface area contributed by atoms with Gasteiger partial charge in [-0.1, -0.05) is 140 Å². The van der Waals surface area contributed by atoms with Gasteiger partial charge in [0.25, 0.3) is 0 Å². The van der Waals surface area contributed by atoms with Crippen molar-refractivity contribution in [2.24, 2.45) is 0 Å². The van der Waals surface area contributed by atoms with Crippen LogP contribution in [0.4, 0.5) is 0 Å². The van der Waals surface area contributed by atoms with Crippen LogP contribution in [0, 0.1) is 0 Å². The van der Waals surface area contributed by atoms with Crippen LogP contribution in [0.15, 0.2) is 186 Å². The van der Waals surface area contributed by atoms with Crippen molar-refractivity contribution in [2.45, 2.75) is 0 Å². The van der Waals surface area contributed by atoms with E-state index in [9.17, 15) is 0 Å². The number of furan rings is 1. The van der Waals surface area contributed by atoms with Crippen LogP contribution < -0.4 is 0 Å². The van der Waals surface area contributed by atoms with E-state index in [2.05, 4.69) is 150 Å². The molecule has 4 aromatic heterocycles. The Kier molecular flexibility index (Phi) is 6.79. The monoisotopic (exact) mass is 690 g/mol. The average molecular weight is 691 g/mol. The van der Waals surface area contributed by atoms with Gasteiger partial charge in [-0.05, 0) is 42.5 Å². The number of hydrogen-bond acceptors (Lipinski definition) is 4. The third kappa shape index (κ3) is 4.83. The first-order valence-corrected chi connectivity index (χ1v) is 18.1. The highest BCUT2D eigenvalue weighted by Gasteiger charge is 2.18. The summed E-state index contributed by atoms with van der Waals surface area (Å²) in [5.41, 5.74) is 12.7. The van der Waals surface area contributed by atoms with Gasteiger partial charge in [-0.2, -0.15) is 0 Å². The molecule has 0 saturated carbocycles. The molecule has 0 amide bonds. The number of aromatic nitrogens is 4. The second kappa shape index (κ2) is 12.1. The Bertz CT molecular complexity index is 3140. The van der Waals surface area contributed by atoms with Gasteiger partial charge in [0, 0.05) is 54.9 Å². The number of nitrogens with zero attached hydrogens (tertiary/aromatic N) is 4. The molecule has 54 heavy (non-hydrogen) atoms. The highest BCUT2D eigenvalue weighted by atomic mass is 16.3. The molecule has 0 saturated heterocycles. The van der Waals surface area contributed by atoms with Gasteiger partial charge >= 0.3 is 0 Å². The molecule has 0 unspecified atom stereocenters. The van der Waals surface area contributed by atoms with E-state index < -0.39 is 0 Å². The molecule has 0 N–H and O–H groups in total. The zero-order chi connectivity index (χ0) is 35.6. The summed E-state index contributed by atoms with van der Waals surface area (Å²) in [5.74, 6) is 0.665. The normalized spacial score (nSPS) is 11.7. The average Bonchev–Trinajstić information content (AvgIpc) is 3.80. The fraction of sp³-hybridized carbons (Fsp3) is 0. The van der Waals surface area contributed by atoms with Crippen molar-refractivity contribution in [3.63, 3.8) is 0 Å². The van der Waals surface area contributed by atoms with E-state index in [1.807, 2.05) is 36.4 Å². The highest BCUT2D eigenvalue weighted by Crippen LogP contribution is 2.38. The lowest BCUT2D eigenvalue weighted by Crippen LogP contribution is -1.97. The SMILES string of the molecule is c1ccc(-c2cc(-c3ccc(-n4c5ccccc5c5ccccc54)cc3)nc(-c3ccc(-c4nc5c6ccccc6oc5c5ccccc45)cc3)n2)cc1. The van der Waals surface area contributed by atoms with Gasteiger partial charge in [-0.15, -0.1) is 0 Å². The first-order chi connectivity index (χ1) is 26.8. The fourth-order valence-electron chi connectivity index (χ4n) is 7.85. The fourth-order valence-corrected chi connectivity index (χ4v) is 7.85. The van der Waals surface area contributed by atoms with E-state index >= 15 is 0 Å². The van der Waals surface area contributed by atoms with Crippen molar-refractivity contribution in [3.8, 4) is 50.8 Å². The van der Waals surface area contributed by atoms with Crippen molar-refractivity contribution >= 4 is 54.6 Å². The van der Waals surface area contributed by atoms with Crippen molar-refractivity contribution in [1.82, 2.24) is 19.5 Å². The van der Waals surface area contributed by atoms with Crippen molar-refractivity contribution in [2.75, 3.05) is 0 Å². The zero-order valence-corrected chi connectivity index (χ0v) is 29.0. The summed E-state index contributed by atoms with van der Waals surface area (Å²) in [6.45, 7) is 0. The summed E-state index contributed by atoms with van der Waals surface area (Å²) in [6.07, 6.45) is 0. The summed E-state index contributed by atoms with van der Waals surface area (Å²) < 4.78 is 8.64. The maximum Gasteiger partial charge on any atom is 0.161 e. The van der Waals surface area contributed by atoms with Gasteiger partial charge in [-0.25, -0.2) is 15.0 Å². The number of pyridine rings is 1. The lowest BCUT2D eigenvalue weighted by atomic mass is 10.0. The predicted octanol–water partition coefficient (Wildman–Crippen LogP) is 12.7. The molecule has 0 atom stereocenters. The van der Waals surface area contributed by atoms with Gasteiger partial charge in [0.2, 0.25) is 0 Å². The molecular formula is C49H30N4O. The molecular weight excluding hydrogens is 661 g/mol. The Labute approximate surface area is 310 Å². The largest absolute Gasteiger partial charge is 0.454 e. The lowest BCUT2D eigenvalue weighted by molar-refractivity contribution is 0.672. The van der Waals surface area contributed by atoms with E-state index in [-0.39, 0.29) is 0 Å². The molecule has 252 valence electrons. The van der Waals surface area contributed by atoms with E-state index in [0.29, 0.717) is 5.82 Å². The molecule has 0 spiro atoms. The third-order valence-electron chi connectivity index (χ3n) is 10.4. The minimum Gasteiger partial charge on any atom is -0.454 e. The van der Waals surface area contributed by atoms with Crippen LogP contribution in [0.1, 0.15) is 0 Å². The van der Waals surface area contributed by atoms with Crippen LogP contribution in [0.5, 0.6) is 0 Å². The quantitative estimate of drug-likeness (QED) is 0.180. The second-order valence-corrected chi connectivity index (χ2v) is 13.6. The van der Waals surface area contributed by atoms with E-state index in [4.69, 9.17) is 19.4 Å². The molecule has 5 heteroatoms. The van der Waals surface area contributed by atoms with Crippen LogP contribution in [-0.4, -0.2) is 19.5 Å². The summed E-state index contributed by atoms with van der Waals surface area (Å²) in [7, 11) is 0. The lowest BCUT2D eigenvalue weighted by Gasteiger charge is -2.12. The predicted molar refractivity (Wildman–Crippen MR) is 221 cm³/mol. The van der Waals surface area contributed by atoms with Gasteiger partial charge < -0.3 is 8.98 Å². The first kappa shape index (κ1) is 30.3. The Hall–Kier alpha value is -7.37. The van der Waals surface area contributed by atoms with Crippen LogP contribution >= 0.6 is 0 Å². The Balaban J connectivity index is 1.01. The maximum atomic E-state index is 6.31. The Morgan fingerprint density at radius 3 is 1.59 bits per heavy atom. The second-order valence-electron chi connectivity index (χ2n) is 13.6. The van der Waals surface area contributed by atoms with Crippen LogP contribution in [-0.2, 0) is 0 Å². The van der Waals surface area contributed by atoms with E-state index in [0.717, 1.165) is 77.9 Å². The number of fused-ring (bicyclic) bond motifs is 8. The van der Waals surface area contributed by atoms with Crippen LogP contribution in [0.3, 0.4) is 0 Å². The smallest absolute Gasteiger partial charge is 0.161 e. The Morgan fingerprint density at radius 1 is 0.389 bits per heavy atom. The summed E-state index contributed by atoms with van der Waals surface area (Å²) in [5, 5.41) is 5.60. The van der Waals surface area contributed by atoms with Gasteiger partial charge in [0.15, 0.2) is 11.4 Å². The molecule has 5 nitrogen and oxygen atoms in total. The van der Waals surface area contributed by atoms with Gasteiger partial charge in [0.05, 0.1) is 28.1 Å². The summed E-state index contributed by atoms with van der Waals surface area (Å²) >= 11 is 0. The maximum absolute atomic E-state index is 6.31. The number of rotatable bonds is 5. The molecule has 4 heterocycles. The molecule has 0 bridgehead atoms. The topological polar surface area (TPSA) is 56.7 Å². The number of hydrogen-bond donors (Lipinski definition) is 0. The molecule has 7 aromatic carbocycles. The Morgan fingerprint density at radius 2 is 0.907 bits per heavy atom. The molecule has 0 aliphatic heterocycles. The zero-order valence-electron chi connectivity index (χ0n) is 29.0. The van der Waals surface area contributed by atoms with Crippen molar-refractivity contribution in [3.05, 3.63) is 182 Å². The minimum atomic E-state index is 0.665. The third-order valence-corrected chi connectivity index (χ3v) is 10.4. The molecule has 11 rings (SSSR count).